The van der Waals surface area contributed by atoms with Crippen LogP contribution in [0, 0.1) is 0 Å². The molecule has 108 valence electrons. The van der Waals surface area contributed by atoms with Gasteiger partial charge >= 0.3 is 5.97 Å². The summed E-state index contributed by atoms with van der Waals surface area (Å²) in [6.07, 6.45) is -0.548. The van der Waals surface area contributed by atoms with Crippen LogP contribution >= 0.6 is 0 Å². The highest BCUT2D eigenvalue weighted by molar-refractivity contribution is 6.05. The summed E-state index contributed by atoms with van der Waals surface area (Å²) in [5.74, 6) is -0.706. The van der Waals surface area contributed by atoms with Crippen LogP contribution in [0.5, 0.6) is 0 Å². The summed E-state index contributed by atoms with van der Waals surface area (Å²) in [7, 11) is 0. The van der Waals surface area contributed by atoms with Crippen molar-refractivity contribution in [3.05, 3.63) is 35.9 Å². The summed E-state index contributed by atoms with van der Waals surface area (Å²) in [5, 5.41) is 0. The zero-order valence-corrected chi connectivity index (χ0v) is 11.6. The topological polar surface area (TPSA) is 55.8 Å². The first kappa shape index (κ1) is 14.7. The Morgan fingerprint density at radius 1 is 1.25 bits per heavy atom. The molecule has 1 aromatic rings. The highest BCUT2D eigenvalue weighted by atomic mass is 16.6. The molecule has 20 heavy (non-hydrogen) atoms. The third-order valence-electron chi connectivity index (χ3n) is 3.26. The normalized spacial score (nSPS) is 17.4. The number of benzene rings is 1. The lowest BCUT2D eigenvalue weighted by Crippen LogP contribution is -2.44. The lowest BCUT2D eigenvalue weighted by molar-refractivity contribution is -0.160. The molecule has 0 spiro atoms. The van der Waals surface area contributed by atoms with Gasteiger partial charge < -0.3 is 9.47 Å². The Balaban J connectivity index is 1.81. The number of nitrogens with zero attached hydrogens (tertiary/aromatic N) is 1. The molecule has 0 N–H and O–H groups in total. The van der Waals surface area contributed by atoms with Gasteiger partial charge in [0.05, 0.1) is 13.2 Å². The monoisotopic (exact) mass is 277 g/mol. The minimum atomic E-state index is -0.488. The quantitative estimate of drug-likeness (QED) is 0.463. The molecular weight excluding hydrogens is 258 g/mol. The molecule has 1 aliphatic heterocycles. The average Bonchev–Trinajstić information content (AvgIpc) is 2.49. The van der Waals surface area contributed by atoms with Crippen molar-refractivity contribution < 1.29 is 19.1 Å². The van der Waals surface area contributed by atoms with Crippen LogP contribution in [0.1, 0.15) is 23.7 Å². The van der Waals surface area contributed by atoms with E-state index in [1.807, 2.05) is 17.9 Å². The minimum Gasteiger partial charge on any atom is -0.446 e. The van der Waals surface area contributed by atoms with Gasteiger partial charge in [-0.25, -0.2) is 0 Å². The second-order valence-corrected chi connectivity index (χ2v) is 4.70. The van der Waals surface area contributed by atoms with E-state index in [1.54, 1.807) is 24.3 Å². The molecule has 1 heterocycles. The molecule has 0 aliphatic carbocycles. The number of carbonyl (C=O) groups excluding carboxylic acids is 2. The number of esters is 1. The molecule has 0 saturated carbocycles. The number of morpholine rings is 1. The third-order valence-corrected chi connectivity index (χ3v) is 3.26. The number of ether oxygens (including phenoxy) is 2. The van der Waals surface area contributed by atoms with Gasteiger partial charge in [0.15, 0.2) is 12.0 Å². The first-order valence-corrected chi connectivity index (χ1v) is 6.76. The molecule has 1 unspecified atom stereocenters. The fourth-order valence-electron chi connectivity index (χ4n) is 2.10. The van der Waals surface area contributed by atoms with Crippen LogP contribution in [0.2, 0.25) is 0 Å². The molecule has 5 nitrogen and oxygen atoms in total. The Morgan fingerprint density at radius 3 is 2.55 bits per heavy atom. The molecular formula is C15H19NO4. The van der Waals surface area contributed by atoms with E-state index in [4.69, 9.17) is 9.47 Å². The molecule has 5 heteroatoms. The van der Waals surface area contributed by atoms with Crippen LogP contribution in [0.15, 0.2) is 30.3 Å². The van der Waals surface area contributed by atoms with Crippen LogP contribution in [-0.4, -0.2) is 49.2 Å². The van der Waals surface area contributed by atoms with Crippen molar-refractivity contribution in [2.75, 3.05) is 26.3 Å². The van der Waals surface area contributed by atoms with Crippen LogP contribution in [0.4, 0.5) is 0 Å². The van der Waals surface area contributed by atoms with Gasteiger partial charge in [-0.15, -0.1) is 0 Å². The van der Waals surface area contributed by atoms with Gasteiger partial charge in [-0.3, -0.25) is 14.5 Å². The largest absolute Gasteiger partial charge is 0.446 e. The second kappa shape index (κ2) is 7.17. The zero-order valence-electron chi connectivity index (χ0n) is 11.6. The fourth-order valence-corrected chi connectivity index (χ4v) is 2.10. The third kappa shape index (κ3) is 4.15. The molecule has 1 saturated heterocycles. The zero-order chi connectivity index (χ0) is 14.4. The lowest BCUT2D eigenvalue weighted by atomic mass is 10.1. The number of rotatable bonds is 5. The maximum absolute atomic E-state index is 11.9. The van der Waals surface area contributed by atoms with Gasteiger partial charge in [0, 0.05) is 18.7 Å². The predicted molar refractivity (Wildman–Crippen MR) is 73.3 cm³/mol. The van der Waals surface area contributed by atoms with Gasteiger partial charge in [-0.05, 0) is 6.92 Å². The van der Waals surface area contributed by atoms with Gasteiger partial charge in [-0.2, -0.15) is 0 Å². The van der Waals surface area contributed by atoms with Crippen LogP contribution < -0.4 is 0 Å². The van der Waals surface area contributed by atoms with Crippen molar-refractivity contribution in [3.63, 3.8) is 0 Å². The van der Waals surface area contributed by atoms with E-state index in [0.717, 1.165) is 13.1 Å². The fraction of sp³-hybridized carbons (Fsp3) is 0.467. The van der Waals surface area contributed by atoms with E-state index in [9.17, 15) is 9.59 Å². The minimum absolute atomic E-state index is 0.218. The Bertz CT molecular complexity index is 454. The summed E-state index contributed by atoms with van der Waals surface area (Å²) < 4.78 is 10.5. The van der Waals surface area contributed by atoms with E-state index in [0.29, 0.717) is 18.8 Å². The van der Waals surface area contributed by atoms with Gasteiger partial charge in [0.25, 0.3) is 0 Å². The molecule has 1 atom stereocenters. The number of carbonyl (C=O) groups is 2. The maximum atomic E-state index is 11.9. The van der Waals surface area contributed by atoms with Crippen molar-refractivity contribution in [2.45, 2.75) is 19.6 Å². The number of hydrogen-bond acceptors (Lipinski definition) is 5. The first-order valence-electron chi connectivity index (χ1n) is 6.76. The number of ketones is 1. The highest BCUT2D eigenvalue weighted by Gasteiger charge is 2.21. The number of Topliss-reactive ketones (excluding diaryl/α,β-unsaturated/α-hetero) is 1. The molecule has 0 aromatic heterocycles. The Morgan fingerprint density at radius 2 is 1.90 bits per heavy atom. The van der Waals surface area contributed by atoms with Gasteiger partial charge in [0.2, 0.25) is 0 Å². The van der Waals surface area contributed by atoms with Crippen molar-refractivity contribution in [2.24, 2.45) is 0 Å². The Labute approximate surface area is 118 Å². The van der Waals surface area contributed by atoms with Crippen molar-refractivity contribution in [1.82, 2.24) is 4.90 Å². The Kier molecular flexibility index (Phi) is 5.26. The molecule has 0 amide bonds. The molecule has 2 rings (SSSR count). The van der Waals surface area contributed by atoms with Gasteiger partial charge in [0.1, 0.15) is 6.42 Å². The second-order valence-electron chi connectivity index (χ2n) is 4.70. The molecule has 1 aromatic carbocycles. The molecule has 0 bridgehead atoms. The predicted octanol–water partition coefficient (Wildman–Crippen LogP) is 1.48. The summed E-state index contributed by atoms with van der Waals surface area (Å²) in [4.78, 5) is 25.7. The summed E-state index contributed by atoms with van der Waals surface area (Å²) in [6, 6.07) is 8.77. The van der Waals surface area contributed by atoms with Crippen LogP contribution in [0.25, 0.3) is 0 Å². The first-order chi connectivity index (χ1) is 9.66. The standard InChI is InChI=1S/C15H19NO4/c1-12(16-7-9-19-10-8-16)20-15(18)11-14(17)13-5-3-2-4-6-13/h2-6,12H,7-11H2,1H3. The summed E-state index contributed by atoms with van der Waals surface area (Å²) in [6.45, 7) is 4.58. The van der Waals surface area contributed by atoms with Crippen molar-refractivity contribution >= 4 is 11.8 Å². The van der Waals surface area contributed by atoms with E-state index < -0.39 is 5.97 Å². The Hall–Kier alpha value is -1.72. The number of hydrogen-bond donors (Lipinski definition) is 0. The molecule has 1 fully saturated rings. The van der Waals surface area contributed by atoms with Crippen LogP contribution in [0.3, 0.4) is 0 Å². The SMILES string of the molecule is CC(OC(=O)CC(=O)c1ccccc1)N1CCOCC1. The van der Waals surface area contributed by atoms with E-state index in [2.05, 4.69) is 0 Å². The summed E-state index contributed by atoms with van der Waals surface area (Å²) in [5.41, 5.74) is 0.531. The van der Waals surface area contributed by atoms with Crippen molar-refractivity contribution in [1.29, 1.82) is 0 Å². The average molecular weight is 277 g/mol. The summed E-state index contributed by atoms with van der Waals surface area (Å²) >= 11 is 0. The van der Waals surface area contributed by atoms with Gasteiger partial charge in [-0.1, -0.05) is 30.3 Å². The molecule has 1 aliphatic rings. The maximum Gasteiger partial charge on any atom is 0.315 e. The smallest absolute Gasteiger partial charge is 0.315 e. The molecule has 0 radical (unpaired) electrons. The van der Waals surface area contributed by atoms with E-state index in [1.165, 1.54) is 0 Å². The van der Waals surface area contributed by atoms with E-state index >= 15 is 0 Å². The van der Waals surface area contributed by atoms with Crippen LogP contribution in [-0.2, 0) is 14.3 Å². The lowest BCUT2D eigenvalue weighted by Gasteiger charge is -2.31. The van der Waals surface area contributed by atoms with E-state index in [-0.39, 0.29) is 18.4 Å². The van der Waals surface area contributed by atoms with Crippen molar-refractivity contribution in [3.8, 4) is 0 Å². The highest BCUT2D eigenvalue weighted by Crippen LogP contribution is 2.08.